The van der Waals surface area contributed by atoms with Crippen molar-refractivity contribution in [1.29, 1.82) is 10.5 Å². The molecule has 1 aliphatic rings. The van der Waals surface area contributed by atoms with Crippen molar-refractivity contribution in [3.8, 4) is 12.1 Å². The highest BCUT2D eigenvalue weighted by atomic mass is 79.9. The largest absolute Gasteiger partial charge is 0.466 e. The molecule has 0 amide bonds. The Hall–Kier alpha value is -2.11. The molecule has 0 heterocycles. The van der Waals surface area contributed by atoms with Gasteiger partial charge in [0, 0.05) is 4.47 Å². The zero-order chi connectivity index (χ0) is 17.0. The van der Waals surface area contributed by atoms with Crippen LogP contribution in [-0.4, -0.2) is 12.6 Å². The number of benzene rings is 1. The van der Waals surface area contributed by atoms with Gasteiger partial charge >= 0.3 is 5.97 Å². The fourth-order valence-corrected chi connectivity index (χ4v) is 3.17. The Kier molecular flexibility index (Phi) is 5.23. The molecule has 23 heavy (non-hydrogen) atoms. The first-order valence-corrected chi connectivity index (χ1v) is 8.24. The summed E-state index contributed by atoms with van der Waals surface area (Å²) < 4.78 is 6.02. The van der Waals surface area contributed by atoms with Crippen molar-refractivity contribution < 1.29 is 9.53 Å². The Morgan fingerprint density at radius 3 is 2.48 bits per heavy atom. The number of carbonyl (C=O) groups excluding carboxylic acids is 1. The highest BCUT2D eigenvalue weighted by Crippen LogP contribution is 2.47. The zero-order valence-corrected chi connectivity index (χ0v) is 14.6. The van der Waals surface area contributed by atoms with Crippen LogP contribution < -0.4 is 0 Å². The minimum Gasteiger partial charge on any atom is -0.466 e. The lowest BCUT2D eigenvalue weighted by Crippen LogP contribution is -2.35. The van der Waals surface area contributed by atoms with Crippen molar-refractivity contribution in [2.24, 2.45) is 17.3 Å². The Morgan fingerprint density at radius 1 is 1.35 bits per heavy atom. The molecule has 0 spiro atoms. The van der Waals surface area contributed by atoms with Crippen LogP contribution in [0, 0.1) is 39.9 Å². The summed E-state index contributed by atoms with van der Waals surface area (Å²) in [4.78, 5) is 12.1. The molecule has 2 rings (SSSR count). The van der Waals surface area contributed by atoms with E-state index in [0.29, 0.717) is 5.57 Å². The molecule has 118 valence electrons. The molecule has 0 bridgehead atoms. The van der Waals surface area contributed by atoms with E-state index in [1.165, 1.54) is 0 Å². The van der Waals surface area contributed by atoms with Crippen molar-refractivity contribution in [3.63, 3.8) is 0 Å². The summed E-state index contributed by atoms with van der Waals surface area (Å²) in [6, 6.07) is 11.7. The number of rotatable bonds is 3. The predicted molar refractivity (Wildman–Crippen MR) is 89.7 cm³/mol. The topological polar surface area (TPSA) is 73.9 Å². The van der Waals surface area contributed by atoms with Crippen LogP contribution in [0.15, 0.2) is 34.8 Å². The Balaban J connectivity index is 2.50. The third-order valence-corrected chi connectivity index (χ3v) is 4.71. The van der Waals surface area contributed by atoms with Crippen LogP contribution in [-0.2, 0) is 9.53 Å². The number of ether oxygens (including phenoxy) is 1. The zero-order valence-electron chi connectivity index (χ0n) is 13.0. The number of halogens is 1. The first-order valence-electron chi connectivity index (χ1n) is 7.44. The first-order chi connectivity index (χ1) is 11.0. The summed E-state index contributed by atoms with van der Waals surface area (Å²) in [7, 11) is 0. The van der Waals surface area contributed by atoms with Gasteiger partial charge in [-0.2, -0.15) is 10.5 Å². The maximum Gasteiger partial charge on any atom is 0.309 e. The summed E-state index contributed by atoms with van der Waals surface area (Å²) in [6.45, 7) is 3.95. The molecule has 1 aromatic carbocycles. The molecule has 0 saturated carbocycles. The van der Waals surface area contributed by atoms with Gasteiger partial charge in [-0.25, -0.2) is 0 Å². The van der Waals surface area contributed by atoms with E-state index in [0.717, 1.165) is 10.0 Å². The second-order valence-corrected chi connectivity index (χ2v) is 6.55. The van der Waals surface area contributed by atoms with Gasteiger partial charge in [0.15, 0.2) is 5.41 Å². The van der Waals surface area contributed by atoms with Crippen LogP contribution in [0.4, 0.5) is 0 Å². The molecule has 4 nitrogen and oxygen atoms in total. The monoisotopic (exact) mass is 372 g/mol. The molecule has 0 radical (unpaired) electrons. The van der Waals surface area contributed by atoms with E-state index in [-0.39, 0.29) is 24.9 Å². The molecule has 0 saturated heterocycles. The average molecular weight is 373 g/mol. The van der Waals surface area contributed by atoms with Crippen molar-refractivity contribution >= 4 is 27.5 Å². The maximum absolute atomic E-state index is 12.1. The molecule has 5 heteroatoms. The third-order valence-electron chi connectivity index (χ3n) is 4.18. The molecule has 2 unspecified atom stereocenters. The van der Waals surface area contributed by atoms with Gasteiger partial charge < -0.3 is 4.74 Å². The van der Waals surface area contributed by atoms with Gasteiger partial charge in [0.1, 0.15) is 0 Å². The minimum absolute atomic E-state index is 0.0949. The minimum atomic E-state index is -1.34. The molecule has 1 aromatic rings. The van der Waals surface area contributed by atoms with Gasteiger partial charge in [-0.15, -0.1) is 0 Å². The van der Waals surface area contributed by atoms with E-state index < -0.39 is 11.3 Å². The molecule has 0 fully saturated rings. The Labute approximate surface area is 144 Å². The summed E-state index contributed by atoms with van der Waals surface area (Å²) >= 11 is 3.38. The molecular formula is C18H17BrN2O2. The van der Waals surface area contributed by atoms with Crippen molar-refractivity contribution in [2.45, 2.75) is 20.3 Å². The van der Waals surface area contributed by atoms with E-state index in [1.54, 1.807) is 6.92 Å². The van der Waals surface area contributed by atoms with E-state index in [1.807, 2.05) is 37.3 Å². The molecule has 2 atom stereocenters. The van der Waals surface area contributed by atoms with Crippen LogP contribution in [0.1, 0.15) is 25.8 Å². The van der Waals surface area contributed by atoms with Gasteiger partial charge in [-0.1, -0.05) is 41.1 Å². The lowest BCUT2D eigenvalue weighted by atomic mass is 9.65. The number of esters is 1. The lowest BCUT2D eigenvalue weighted by Gasteiger charge is -2.34. The maximum atomic E-state index is 12.1. The summed E-state index contributed by atoms with van der Waals surface area (Å²) in [5, 5.41) is 19.3. The number of carbonyl (C=O) groups is 1. The van der Waals surface area contributed by atoms with E-state index >= 15 is 0 Å². The fourth-order valence-electron chi connectivity index (χ4n) is 2.90. The molecule has 0 aliphatic heterocycles. The van der Waals surface area contributed by atoms with E-state index in [9.17, 15) is 15.3 Å². The van der Waals surface area contributed by atoms with Crippen LogP contribution in [0.2, 0.25) is 0 Å². The Bertz CT molecular complexity index is 696. The van der Waals surface area contributed by atoms with Crippen LogP contribution in [0.25, 0.3) is 5.57 Å². The van der Waals surface area contributed by atoms with Crippen molar-refractivity contribution in [1.82, 2.24) is 0 Å². The number of allylic oxidation sites excluding steroid dienone is 2. The van der Waals surface area contributed by atoms with E-state index in [2.05, 4.69) is 28.1 Å². The number of hydrogen-bond donors (Lipinski definition) is 0. The molecular weight excluding hydrogens is 356 g/mol. The Morgan fingerprint density at radius 2 is 1.96 bits per heavy atom. The third kappa shape index (κ3) is 3.30. The van der Waals surface area contributed by atoms with Crippen molar-refractivity contribution in [3.05, 3.63) is 40.4 Å². The normalized spacial score (nSPS) is 22.4. The second kappa shape index (κ2) is 6.98. The van der Waals surface area contributed by atoms with Gasteiger partial charge in [-0.05, 0) is 42.5 Å². The molecule has 0 aromatic heterocycles. The van der Waals surface area contributed by atoms with Crippen LogP contribution in [0.5, 0.6) is 0 Å². The fraction of sp³-hybridized carbons (Fsp3) is 0.389. The van der Waals surface area contributed by atoms with Crippen molar-refractivity contribution in [2.75, 3.05) is 6.61 Å². The molecule has 0 N–H and O–H groups in total. The molecule has 1 aliphatic carbocycles. The van der Waals surface area contributed by atoms with Crippen LogP contribution in [0.3, 0.4) is 0 Å². The van der Waals surface area contributed by atoms with Gasteiger partial charge in [0.2, 0.25) is 0 Å². The number of nitriles is 2. The summed E-state index contributed by atoms with van der Waals surface area (Å²) in [5.74, 6) is -0.919. The van der Waals surface area contributed by atoms with Crippen LogP contribution >= 0.6 is 15.9 Å². The standard InChI is InChI=1S/C18H17BrN2O2/c1-3-23-17(22)15-9-18(10-20,11-21)16(8-12(15)2)13-4-6-14(19)7-5-13/h4-8,12,15H,3,9H2,1-2H3. The highest BCUT2D eigenvalue weighted by Gasteiger charge is 2.46. The average Bonchev–Trinajstić information content (AvgIpc) is 2.56. The quantitative estimate of drug-likeness (QED) is 0.748. The van der Waals surface area contributed by atoms with Gasteiger partial charge in [0.05, 0.1) is 24.7 Å². The number of nitrogens with zero attached hydrogens (tertiary/aromatic N) is 2. The van der Waals surface area contributed by atoms with Gasteiger partial charge in [-0.3, -0.25) is 4.79 Å². The van der Waals surface area contributed by atoms with Gasteiger partial charge in [0.25, 0.3) is 0 Å². The highest BCUT2D eigenvalue weighted by molar-refractivity contribution is 9.10. The number of hydrogen-bond acceptors (Lipinski definition) is 4. The first kappa shape index (κ1) is 17.2. The van der Waals surface area contributed by atoms with E-state index in [4.69, 9.17) is 4.74 Å². The smallest absolute Gasteiger partial charge is 0.309 e. The SMILES string of the molecule is CCOC(=O)C1CC(C#N)(C#N)C(c2ccc(Br)cc2)=CC1C. The second-order valence-electron chi connectivity index (χ2n) is 5.64. The summed E-state index contributed by atoms with van der Waals surface area (Å²) in [6.07, 6.45) is 2.02. The predicted octanol–water partition coefficient (Wildman–Crippen LogP) is 4.09. The lowest BCUT2D eigenvalue weighted by molar-refractivity contribution is -0.150. The summed E-state index contributed by atoms with van der Waals surface area (Å²) in [5.41, 5.74) is 0.158.